The van der Waals surface area contributed by atoms with E-state index >= 15 is 0 Å². The Bertz CT molecular complexity index is 499. The highest BCUT2D eigenvalue weighted by Gasteiger charge is 2.44. The van der Waals surface area contributed by atoms with E-state index in [1.54, 1.807) is 24.3 Å². The van der Waals surface area contributed by atoms with E-state index < -0.39 is 0 Å². The van der Waals surface area contributed by atoms with Gasteiger partial charge in [-0.25, -0.2) is 0 Å². The predicted molar refractivity (Wildman–Crippen MR) is 80.4 cm³/mol. The summed E-state index contributed by atoms with van der Waals surface area (Å²) in [6, 6.07) is 6.80. The third-order valence-electron chi connectivity index (χ3n) is 4.93. The Labute approximate surface area is 120 Å². The van der Waals surface area contributed by atoms with Gasteiger partial charge in [0.2, 0.25) is 5.91 Å². The number of benzene rings is 1. The van der Waals surface area contributed by atoms with Crippen molar-refractivity contribution < 1.29 is 9.90 Å². The second kappa shape index (κ2) is 5.44. The van der Waals surface area contributed by atoms with Gasteiger partial charge in [-0.3, -0.25) is 4.79 Å². The number of hydrogen-bond donors (Lipinski definition) is 3. The van der Waals surface area contributed by atoms with Gasteiger partial charge in [0.25, 0.3) is 0 Å². The number of nitrogens with two attached hydrogens (primary N) is 1. The Morgan fingerprint density at radius 1 is 1.40 bits per heavy atom. The fourth-order valence-corrected chi connectivity index (χ4v) is 3.13. The van der Waals surface area contributed by atoms with Crippen molar-refractivity contribution in [3.63, 3.8) is 0 Å². The maximum absolute atomic E-state index is 12.5. The third-order valence-corrected chi connectivity index (χ3v) is 4.93. The van der Waals surface area contributed by atoms with Crippen LogP contribution in [-0.2, 0) is 4.79 Å². The first-order chi connectivity index (χ1) is 9.32. The van der Waals surface area contributed by atoms with E-state index in [1.807, 2.05) is 0 Å². The molecule has 1 aromatic carbocycles. The fourth-order valence-electron chi connectivity index (χ4n) is 3.13. The van der Waals surface area contributed by atoms with Gasteiger partial charge >= 0.3 is 0 Å². The Morgan fingerprint density at radius 2 is 2.10 bits per heavy atom. The molecular weight excluding hydrogens is 252 g/mol. The maximum Gasteiger partial charge on any atom is 0.228 e. The normalized spacial score (nSPS) is 28.9. The second-order valence-corrected chi connectivity index (χ2v) is 6.44. The van der Waals surface area contributed by atoms with E-state index in [9.17, 15) is 9.90 Å². The van der Waals surface area contributed by atoms with Crippen LogP contribution in [0.5, 0.6) is 5.75 Å². The molecule has 0 heterocycles. The molecule has 3 atom stereocenters. The Balaban J connectivity index is 2.13. The lowest BCUT2D eigenvalue weighted by Gasteiger charge is -2.46. The number of carbonyl (C=O) groups is 1. The van der Waals surface area contributed by atoms with E-state index in [0.29, 0.717) is 11.6 Å². The average molecular weight is 276 g/mol. The fraction of sp³-hybridized carbons (Fsp3) is 0.562. The smallest absolute Gasteiger partial charge is 0.228 e. The molecule has 0 saturated heterocycles. The van der Waals surface area contributed by atoms with Gasteiger partial charge in [-0.2, -0.15) is 0 Å². The Hall–Kier alpha value is -1.55. The van der Waals surface area contributed by atoms with Gasteiger partial charge in [0.05, 0.1) is 0 Å². The zero-order valence-corrected chi connectivity index (χ0v) is 12.4. The quantitative estimate of drug-likeness (QED) is 0.777. The molecule has 1 fully saturated rings. The van der Waals surface area contributed by atoms with Crippen LogP contribution in [0.2, 0.25) is 0 Å². The van der Waals surface area contributed by atoms with Crippen LogP contribution in [-0.4, -0.2) is 17.1 Å². The van der Waals surface area contributed by atoms with Gasteiger partial charge in [-0.1, -0.05) is 26.8 Å². The number of rotatable bonds is 2. The second-order valence-electron chi connectivity index (χ2n) is 6.44. The van der Waals surface area contributed by atoms with Crippen molar-refractivity contribution in [1.82, 2.24) is 0 Å². The molecule has 0 radical (unpaired) electrons. The first kappa shape index (κ1) is 14.9. The summed E-state index contributed by atoms with van der Waals surface area (Å²) in [4.78, 5) is 12.5. The van der Waals surface area contributed by atoms with Crippen LogP contribution in [0.15, 0.2) is 24.3 Å². The van der Waals surface area contributed by atoms with Crippen LogP contribution >= 0.6 is 0 Å². The van der Waals surface area contributed by atoms with Gasteiger partial charge in [0, 0.05) is 23.7 Å². The highest BCUT2D eigenvalue weighted by atomic mass is 16.3. The third kappa shape index (κ3) is 2.80. The SMILES string of the molecule is CC1C(N)CCC(C(=O)Nc2cccc(O)c2)C1(C)C. The minimum atomic E-state index is -0.126. The first-order valence-electron chi connectivity index (χ1n) is 7.18. The summed E-state index contributed by atoms with van der Waals surface area (Å²) in [5.41, 5.74) is 6.63. The van der Waals surface area contributed by atoms with Crippen molar-refractivity contribution in [1.29, 1.82) is 0 Å². The van der Waals surface area contributed by atoms with Crippen molar-refractivity contribution >= 4 is 11.6 Å². The number of aromatic hydroxyl groups is 1. The zero-order valence-electron chi connectivity index (χ0n) is 12.4. The summed E-state index contributed by atoms with van der Waals surface area (Å²) in [7, 11) is 0. The lowest BCUT2D eigenvalue weighted by atomic mass is 9.61. The molecule has 0 spiro atoms. The van der Waals surface area contributed by atoms with Crippen LogP contribution in [0, 0.1) is 17.3 Å². The van der Waals surface area contributed by atoms with Gasteiger partial charge in [0.1, 0.15) is 5.75 Å². The van der Waals surface area contributed by atoms with E-state index in [2.05, 4.69) is 26.1 Å². The minimum Gasteiger partial charge on any atom is -0.508 e. The van der Waals surface area contributed by atoms with Crippen molar-refractivity contribution in [3.8, 4) is 5.75 Å². The Morgan fingerprint density at radius 3 is 2.75 bits per heavy atom. The lowest BCUT2D eigenvalue weighted by Crippen LogP contribution is -2.50. The number of phenols is 1. The molecule has 0 aromatic heterocycles. The molecule has 1 saturated carbocycles. The molecule has 0 aliphatic heterocycles. The number of hydrogen-bond acceptors (Lipinski definition) is 3. The molecule has 4 heteroatoms. The van der Waals surface area contributed by atoms with Gasteiger partial charge in [-0.05, 0) is 36.3 Å². The van der Waals surface area contributed by atoms with E-state index in [1.165, 1.54) is 0 Å². The van der Waals surface area contributed by atoms with Crippen LogP contribution in [0.3, 0.4) is 0 Å². The standard InChI is InChI=1S/C16H24N2O2/c1-10-14(17)8-7-13(16(10,2)3)15(20)18-11-5-4-6-12(19)9-11/h4-6,9-10,13-14,19H,7-8,17H2,1-3H3,(H,18,20). The number of phenolic OH excluding ortho intramolecular Hbond substituents is 1. The van der Waals surface area contributed by atoms with Crippen LogP contribution in [0.25, 0.3) is 0 Å². The zero-order chi connectivity index (χ0) is 14.9. The maximum atomic E-state index is 12.5. The van der Waals surface area contributed by atoms with Crippen molar-refractivity contribution in [2.45, 2.75) is 39.7 Å². The van der Waals surface area contributed by atoms with Gasteiger partial charge < -0.3 is 16.2 Å². The van der Waals surface area contributed by atoms with E-state index in [-0.39, 0.29) is 29.0 Å². The Kier molecular flexibility index (Phi) is 4.04. The molecule has 1 aromatic rings. The molecule has 4 nitrogen and oxygen atoms in total. The molecule has 1 aliphatic carbocycles. The molecule has 3 unspecified atom stereocenters. The number of carbonyl (C=O) groups excluding carboxylic acids is 1. The average Bonchev–Trinajstić information content (AvgIpc) is 2.36. The van der Waals surface area contributed by atoms with Crippen LogP contribution in [0.4, 0.5) is 5.69 Å². The molecule has 4 N–H and O–H groups in total. The molecule has 1 amide bonds. The first-order valence-corrected chi connectivity index (χ1v) is 7.18. The minimum absolute atomic E-state index is 0.0133. The van der Waals surface area contributed by atoms with Crippen LogP contribution < -0.4 is 11.1 Å². The largest absolute Gasteiger partial charge is 0.508 e. The predicted octanol–water partition coefficient (Wildman–Crippen LogP) is 2.73. The topological polar surface area (TPSA) is 75.4 Å². The van der Waals surface area contributed by atoms with Gasteiger partial charge in [-0.15, -0.1) is 0 Å². The number of anilines is 1. The summed E-state index contributed by atoms with van der Waals surface area (Å²) in [5.74, 6) is 0.413. The van der Waals surface area contributed by atoms with E-state index in [4.69, 9.17) is 5.73 Å². The lowest BCUT2D eigenvalue weighted by molar-refractivity contribution is -0.127. The summed E-state index contributed by atoms with van der Waals surface area (Å²) >= 11 is 0. The molecular formula is C16H24N2O2. The molecule has 1 aliphatic rings. The summed E-state index contributed by atoms with van der Waals surface area (Å²) in [6.45, 7) is 6.35. The highest BCUT2D eigenvalue weighted by molar-refractivity contribution is 5.93. The van der Waals surface area contributed by atoms with Crippen molar-refractivity contribution in [2.75, 3.05) is 5.32 Å². The van der Waals surface area contributed by atoms with Gasteiger partial charge in [0.15, 0.2) is 0 Å². The molecule has 2 rings (SSSR count). The summed E-state index contributed by atoms with van der Waals surface area (Å²) in [6.07, 6.45) is 1.69. The molecule has 0 bridgehead atoms. The number of nitrogens with one attached hydrogen (secondary N) is 1. The monoisotopic (exact) mass is 276 g/mol. The highest BCUT2D eigenvalue weighted by Crippen LogP contribution is 2.44. The van der Waals surface area contributed by atoms with Crippen LogP contribution in [0.1, 0.15) is 33.6 Å². The number of amides is 1. The summed E-state index contributed by atoms with van der Waals surface area (Å²) < 4.78 is 0. The molecule has 110 valence electrons. The van der Waals surface area contributed by atoms with E-state index in [0.717, 1.165) is 12.8 Å². The summed E-state index contributed by atoms with van der Waals surface area (Å²) in [5, 5.41) is 12.4. The van der Waals surface area contributed by atoms with Crippen molar-refractivity contribution in [2.24, 2.45) is 23.0 Å². The van der Waals surface area contributed by atoms with Crippen molar-refractivity contribution in [3.05, 3.63) is 24.3 Å². The molecule has 20 heavy (non-hydrogen) atoms.